The second kappa shape index (κ2) is 10.3. The Morgan fingerprint density at radius 1 is 1.00 bits per heavy atom. The molecular weight excluding hydrogens is 531 g/mol. The standard InChI is InChI=1S/C24H20F7NO4S/c1-5-17-13(3)20(36-21(33)34-4)16-11-19(12(2)10-18(16)32-17)35-14-6-8-15(9-7-14)37-24(30,31)22(25,26)23(27,28)29/h6-11H,5H2,1-4H3. The van der Waals surface area contributed by atoms with Gasteiger partial charge in [0.05, 0.1) is 12.6 Å². The third kappa shape index (κ3) is 5.71. The minimum absolute atomic E-state index is 0.0861. The second-order valence-electron chi connectivity index (χ2n) is 7.82. The van der Waals surface area contributed by atoms with Crippen molar-refractivity contribution in [2.45, 2.75) is 49.4 Å². The Morgan fingerprint density at radius 2 is 1.62 bits per heavy atom. The largest absolute Gasteiger partial charge is 0.513 e. The van der Waals surface area contributed by atoms with Crippen LogP contribution in [0.15, 0.2) is 41.3 Å². The number of thioether (sulfide) groups is 1. The Balaban J connectivity index is 1.92. The highest BCUT2D eigenvalue weighted by molar-refractivity contribution is 8.00. The van der Waals surface area contributed by atoms with Crippen molar-refractivity contribution in [2.24, 2.45) is 0 Å². The van der Waals surface area contributed by atoms with E-state index in [1.807, 2.05) is 6.92 Å². The van der Waals surface area contributed by atoms with E-state index in [1.54, 1.807) is 26.0 Å². The number of pyridine rings is 1. The molecule has 0 aliphatic carbocycles. The van der Waals surface area contributed by atoms with Gasteiger partial charge >= 0.3 is 23.5 Å². The Hall–Kier alpha value is -3.22. The lowest BCUT2D eigenvalue weighted by Crippen LogP contribution is -2.49. The van der Waals surface area contributed by atoms with Gasteiger partial charge < -0.3 is 14.2 Å². The number of halogens is 7. The number of nitrogens with zero attached hydrogens (tertiary/aromatic N) is 1. The number of ether oxygens (including phenoxy) is 3. The van der Waals surface area contributed by atoms with Crippen LogP contribution in [-0.2, 0) is 11.2 Å². The molecule has 2 aromatic carbocycles. The van der Waals surface area contributed by atoms with Crippen molar-refractivity contribution in [3.63, 3.8) is 0 Å². The van der Waals surface area contributed by atoms with Crippen LogP contribution in [-0.4, -0.2) is 35.6 Å². The Bertz CT molecular complexity index is 1310. The van der Waals surface area contributed by atoms with E-state index in [9.17, 15) is 35.5 Å². The van der Waals surface area contributed by atoms with Gasteiger partial charge in [0.1, 0.15) is 17.2 Å². The zero-order valence-corrected chi connectivity index (χ0v) is 20.6. The molecule has 0 aliphatic rings. The van der Waals surface area contributed by atoms with Crippen molar-refractivity contribution in [1.82, 2.24) is 4.98 Å². The van der Waals surface area contributed by atoms with Crippen molar-refractivity contribution >= 4 is 28.8 Å². The lowest BCUT2D eigenvalue weighted by Gasteiger charge is -2.27. The Kier molecular flexibility index (Phi) is 7.87. The highest BCUT2D eigenvalue weighted by Gasteiger charge is 2.73. The number of fused-ring (bicyclic) bond motifs is 1. The highest BCUT2D eigenvalue weighted by atomic mass is 32.2. The normalized spacial score (nSPS) is 12.5. The Morgan fingerprint density at radius 3 is 2.16 bits per heavy atom. The molecule has 13 heteroatoms. The quantitative estimate of drug-likeness (QED) is 0.168. The van der Waals surface area contributed by atoms with Crippen LogP contribution in [0.1, 0.15) is 23.7 Å². The van der Waals surface area contributed by atoms with Crippen LogP contribution in [0.3, 0.4) is 0 Å². The molecular formula is C24H20F7NO4S. The third-order valence-corrected chi connectivity index (χ3v) is 6.29. The maximum Gasteiger partial charge on any atom is 0.513 e. The van der Waals surface area contributed by atoms with Gasteiger partial charge in [-0.15, -0.1) is 0 Å². The molecule has 1 heterocycles. The number of aryl methyl sites for hydroxylation is 2. The molecule has 3 rings (SSSR count). The molecule has 3 aromatic rings. The van der Waals surface area contributed by atoms with Gasteiger partial charge in [-0.2, -0.15) is 30.7 Å². The van der Waals surface area contributed by atoms with Crippen molar-refractivity contribution in [3.8, 4) is 17.2 Å². The molecule has 0 atom stereocenters. The first-order valence-electron chi connectivity index (χ1n) is 10.6. The molecule has 0 unspecified atom stereocenters. The molecule has 0 saturated carbocycles. The number of hydrogen-bond acceptors (Lipinski definition) is 6. The maximum atomic E-state index is 13.7. The first-order chi connectivity index (χ1) is 17.1. The summed E-state index contributed by atoms with van der Waals surface area (Å²) in [5, 5.41) is -5.01. The van der Waals surface area contributed by atoms with Gasteiger partial charge in [-0.25, -0.2) is 4.79 Å². The van der Waals surface area contributed by atoms with E-state index in [1.165, 1.54) is 0 Å². The van der Waals surface area contributed by atoms with Gasteiger partial charge in [0.2, 0.25) is 0 Å². The Labute approximate surface area is 210 Å². The first kappa shape index (κ1) is 28.4. The van der Waals surface area contributed by atoms with E-state index in [0.29, 0.717) is 34.1 Å². The van der Waals surface area contributed by atoms with Crippen LogP contribution in [0.2, 0.25) is 0 Å². The van der Waals surface area contributed by atoms with E-state index in [-0.39, 0.29) is 17.2 Å². The second-order valence-corrected chi connectivity index (χ2v) is 9.01. The summed E-state index contributed by atoms with van der Waals surface area (Å²) in [6.45, 7) is 5.31. The molecule has 0 saturated heterocycles. The molecule has 1 aromatic heterocycles. The summed E-state index contributed by atoms with van der Waals surface area (Å²) in [7, 11) is 1.16. The number of benzene rings is 2. The van der Waals surface area contributed by atoms with E-state index in [2.05, 4.69) is 9.72 Å². The lowest BCUT2D eigenvalue weighted by molar-refractivity contribution is -0.330. The van der Waals surface area contributed by atoms with Crippen molar-refractivity contribution in [1.29, 1.82) is 0 Å². The average molecular weight is 551 g/mol. The van der Waals surface area contributed by atoms with Gasteiger partial charge in [0, 0.05) is 21.5 Å². The molecule has 0 aliphatic heterocycles. The fourth-order valence-electron chi connectivity index (χ4n) is 3.30. The lowest BCUT2D eigenvalue weighted by atomic mass is 10.0. The predicted octanol–water partition coefficient (Wildman–Crippen LogP) is 8.23. The maximum absolute atomic E-state index is 13.7. The number of carbonyl (C=O) groups excluding carboxylic acids is 1. The van der Waals surface area contributed by atoms with Gasteiger partial charge in [-0.3, -0.25) is 4.98 Å². The topological polar surface area (TPSA) is 57.7 Å². The fourth-order valence-corrected chi connectivity index (χ4v) is 4.11. The molecule has 37 heavy (non-hydrogen) atoms. The summed E-state index contributed by atoms with van der Waals surface area (Å²) in [5.41, 5.74) is 2.41. The first-order valence-corrected chi connectivity index (χ1v) is 11.4. The molecule has 5 nitrogen and oxygen atoms in total. The molecule has 0 fully saturated rings. The van der Waals surface area contributed by atoms with Crippen LogP contribution < -0.4 is 9.47 Å². The summed E-state index contributed by atoms with van der Waals surface area (Å²) < 4.78 is 107. The number of methoxy groups -OCH3 is 1. The number of carbonyl (C=O) groups is 1. The zero-order valence-electron chi connectivity index (χ0n) is 19.8. The van der Waals surface area contributed by atoms with Crippen LogP contribution in [0.4, 0.5) is 35.5 Å². The number of hydrogen-bond donors (Lipinski definition) is 0. The van der Waals surface area contributed by atoms with Crippen LogP contribution >= 0.6 is 11.8 Å². The summed E-state index contributed by atoms with van der Waals surface area (Å²) >= 11 is -0.913. The van der Waals surface area contributed by atoms with Gasteiger partial charge in [-0.05, 0) is 74.0 Å². The van der Waals surface area contributed by atoms with Crippen LogP contribution in [0.5, 0.6) is 17.2 Å². The SMILES string of the molecule is CCc1nc2cc(C)c(Oc3ccc(SC(F)(F)C(F)(F)C(F)(F)F)cc3)cc2c(OC(=O)OC)c1C. The van der Waals surface area contributed by atoms with Gasteiger partial charge in [-0.1, -0.05) is 6.92 Å². The zero-order chi connectivity index (χ0) is 27.8. The van der Waals surface area contributed by atoms with E-state index >= 15 is 0 Å². The predicted molar refractivity (Wildman–Crippen MR) is 122 cm³/mol. The van der Waals surface area contributed by atoms with Crippen LogP contribution in [0.25, 0.3) is 10.9 Å². The summed E-state index contributed by atoms with van der Waals surface area (Å²) in [4.78, 5) is 15.9. The number of rotatable bonds is 7. The molecule has 0 N–H and O–H groups in total. The van der Waals surface area contributed by atoms with E-state index in [4.69, 9.17) is 9.47 Å². The summed E-state index contributed by atoms with van der Waals surface area (Å²) in [6.07, 6.45) is -6.79. The third-order valence-electron chi connectivity index (χ3n) is 5.27. The fraction of sp³-hybridized carbons (Fsp3) is 0.333. The highest BCUT2D eigenvalue weighted by Crippen LogP contribution is 2.54. The molecule has 0 radical (unpaired) electrons. The summed E-state index contributed by atoms with van der Waals surface area (Å²) in [6, 6.07) is 7.37. The molecule has 0 amide bonds. The van der Waals surface area contributed by atoms with Crippen LogP contribution in [0, 0.1) is 13.8 Å². The molecule has 200 valence electrons. The number of alkyl halides is 7. The molecule has 0 spiro atoms. The molecule has 0 bridgehead atoms. The van der Waals surface area contributed by atoms with Gasteiger partial charge in [0.25, 0.3) is 0 Å². The monoisotopic (exact) mass is 551 g/mol. The smallest absolute Gasteiger partial charge is 0.457 e. The number of aromatic nitrogens is 1. The van der Waals surface area contributed by atoms with Crippen molar-refractivity contribution in [2.75, 3.05) is 7.11 Å². The minimum atomic E-state index is -6.41. The van der Waals surface area contributed by atoms with Crippen molar-refractivity contribution < 1.29 is 49.7 Å². The van der Waals surface area contributed by atoms with E-state index < -0.39 is 40.2 Å². The average Bonchev–Trinajstić information content (AvgIpc) is 2.81. The van der Waals surface area contributed by atoms with Gasteiger partial charge in [0.15, 0.2) is 0 Å². The summed E-state index contributed by atoms with van der Waals surface area (Å²) in [5.74, 6) is -5.67. The minimum Gasteiger partial charge on any atom is -0.457 e. The van der Waals surface area contributed by atoms with Crippen molar-refractivity contribution in [3.05, 3.63) is 53.2 Å². The van der Waals surface area contributed by atoms with E-state index in [0.717, 1.165) is 31.4 Å².